The van der Waals surface area contributed by atoms with Gasteiger partial charge in [-0.3, -0.25) is 5.32 Å². The number of nitrogens with one attached hydrogen (secondary N) is 2. The largest absolute Gasteiger partial charge is 0.344 e. The summed E-state index contributed by atoms with van der Waals surface area (Å²) in [6, 6.07) is 17.4. The van der Waals surface area contributed by atoms with Gasteiger partial charge in [-0.2, -0.15) is 0 Å². The maximum Gasteiger partial charge on any atom is 0.325 e. The van der Waals surface area contributed by atoms with Crippen molar-refractivity contribution in [3.8, 4) is 11.1 Å². The van der Waals surface area contributed by atoms with Gasteiger partial charge in [-0.15, -0.1) is 10.2 Å². The van der Waals surface area contributed by atoms with Gasteiger partial charge in [0.1, 0.15) is 0 Å². The molecular weight excluding hydrogens is 384 g/mol. The molecular formula is C21H24N6OS. The number of amides is 2. The smallest absolute Gasteiger partial charge is 0.325 e. The average molecular weight is 409 g/mol. The van der Waals surface area contributed by atoms with E-state index < -0.39 is 0 Å². The Kier molecular flexibility index (Phi) is 6.02. The number of para-hydroxylation sites is 1. The number of likely N-dealkylation sites (N-methyl/N-ethyl adjacent to an activating group) is 1. The van der Waals surface area contributed by atoms with Crippen molar-refractivity contribution in [1.29, 1.82) is 0 Å². The van der Waals surface area contributed by atoms with Crippen molar-refractivity contribution in [3.63, 3.8) is 0 Å². The SMILES string of the molecule is CCN1CCN(c2nnc(NC(=O)Nc3ccccc3-c3ccccc3)s2)CC1. The topological polar surface area (TPSA) is 73.4 Å². The van der Waals surface area contributed by atoms with Gasteiger partial charge in [0.05, 0.1) is 5.69 Å². The summed E-state index contributed by atoms with van der Waals surface area (Å²) in [6.07, 6.45) is 0. The van der Waals surface area contributed by atoms with E-state index in [1.54, 1.807) is 0 Å². The van der Waals surface area contributed by atoms with Crippen LogP contribution in [0.2, 0.25) is 0 Å². The van der Waals surface area contributed by atoms with Crippen LogP contribution in [0.3, 0.4) is 0 Å². The van der Waals surface area contributed by atoms with Crippen molar-refractivity contribution >= 4 is 33.3 Å². The molecule has 0 unspecified atom stereocenters. The predicted molar refractivity (Wildman–Crippen MR) is 119 cm³/mol. The molecule has 3 aromatic rings. The zero-order valence-electron chi connectivity index (χ0n) is 16.3. The molecule has 1 fully saturated rings. The number of rotatable bonds is 5. The molecule has 2 heterocycles. The molecule has 2 amide bonds. The van der Waals surface area contributed by atoms with Crippen molar-refractivity contribution in [2.75, 3.05) is 48.3 Å². The fourth-order valence-electron chi connectivity index (χ4n) is 3.36. The number of urea groups is 1. The number of benzene rings is 2. The van der Waals surface area contributed by atoms with Gasteiger partial charge >= 0.3 is 6.03 Å². The Morgan fingerprint density at radius 3 is 2.45 bits per heavy atom. The molecule has 150 valence electrons. The van der Waals surface area contributed by atoms with E-state index in [0.717, 1.165) is 54.7 Å². The van der Waals surface area contributed by atoms with Crippen molar-refractivity contribution in [2.24, 2.45) is 0 Å². The standard InChI is InChI=1S/C21H24N6OS/c1-2-26-12-14-27(15-13-26)21-25-24-20(29-21)23-19(28)22-18-11-7-6-10-17(18)16-8-4-3-5-9-16/h3-11H,2,12-15H2,1H3,(H2,22,23,24,28). The number of carbonyl (C=O) groups is 1. The molecule has 1 saturated heterocycles. The molecule has 0 aliphatic carbocycles. The number of piperazine rings is 1. The molecule has 1 aliphatic heterocycles. The molecule has 0 radical (unpaired) electrons. The van der Waals surface area contributed by atoms with E-state index in [1.807, 2.05) is 54.6 Å². The lowest BCUT2D eigenvalue weighted by atomic mass is 10.0. The Labute approximate surface area is 174 Å². The van der Waals surface area contributed by atoms with Crippen LogP contribution in [0.1, 0.15) is 6.92 Å². The van der Waals surface area contributed by atoms with Crippen LogP contribution in [0.25, 0.3) is 11.1 Å². The summed E-state index contributed by atoms with van der Waals surface area (Å²) >= 11 is 1.40. The maximum absolute atomic E-state index is 12.5. The van der Waals surface area contributed by atoms with E-state index in [-0.39, 0.29) is 6.03 Å². The Hall–Kier alpha value is -2.97. The molecule has 0 spiro atoms. The average Bonchev–Trinajstić information content (AvgIpc) is 3.23. The highest BCUT2D eigenvalue weighted by atomic mass is 32.1. The molecule has 1 aliphatic rings. The zero-order chi connectivity index (χ0) is 20.1. The molecule has 0 atom stereocenters. The molecule has 0 saturated carbocycles. The van der Waals surface area contributed by atoms with E-state index in [0.29, 0.717) is 5.13 Å². The second-order valence-electron chi connectivity index (χ2n) is 6.80. The van der Waals surface area contributed by atoms with Crippen LogP contribution in [-0.4, -0.2) is 53.9 Å². The van der Waals surface area contributed by atoms with Gasteiger partial charge < -0.3 is 15.1 Å². The highest BCUT2D eigenvalue weighted by Crippen LogP contribution is 2.28. The highest BCUT2D eigenvalue weighted by molar-refractivity contribution is 7.19. The Bertz CT molecular complexity index is 953. The second-order valence-corrected chi connectivity index (χ2v) is 7.76. The van der Waals surface area contributed by atoms with Crippen molar-refractivity contribution < 1.29 is 4.79 Å². The molecule has 2 aromatic carbocycles. The van der Waals surface area contributed by atoms with Crippen LogP contribution in [0, 0.1) is 0 Å². The van der Waals surface area contributed by atoms with Gasteiger partial charge in [-0.05, 0) is 18.2 Å². The lowest BCUT2D eigenvalue weighted by Crippen LogP contribution is -2.46. The minimum absolute atomic E-state index is 0.327. The predicted octanol–water partition coefficient (Wildman–Crippen LogP) is 3.99. The molecule has 2 N–H and O–H groups in total. The van der Waals surface area contributed by atoms with E-state index in [9.17, 15) is 4.79 Å². The fraction of sp³-hybridized carbons (Fsp3) is 0.286. The zero-order valence-corrected chi connectivity index (χ0v) is 17.2. The summed E-state index contributed by atoms with van der Waals surface area (Å²) in [7, 11) is 0. The molecule has 4 rings (SSSR count). The fourth-order valence-corrected chi connectivity index (χ4v) is 4.15. The van der Waals surface area contributed by atoms with Gasteiger partial charge in [-0.25, -0.2) is 4.79 Å². The van der Waals surface area contributed by atoms with Crippen LogP contribution >= 0.6 is 11.3 Å². The molecule has 1 aromatic heterocycles. The van der Waals surface area contributed by atoms with Gasteiger partial charge in [0.2, 0.25) is 10.3 Å². The first-order chi connectivity index (χ1) is 14.2. The second kappa shape index (κ2) is 9.02. The summed E-state index contributed by atoms with van der Waals surface area (Å²) in [6.45, 7) is 7.15. The lowest BCUT2D eigenvalue weighted by Gasteiger charge is -2.33. The third kappa shape index (κ3) is 4.72. The number of hydrogen-bond donors (Lipinski definition) is 2. The minimum atomic E-state index is -0.327. The Morgan fingerprint density at radius 2 is 1.69 bits per heavy atom. The summed E-state index contributed by atoms with van der Waals surface area (Å²) in [4.78, 5) is 17.2. The van der Waals surface area contributed by atoms with Gasteiger partial charge in [0.15, 0.2) is 0 Å². The van der Waals surface area contributed by atoms with E-state index >= 15 is 0 Å². The number of nitrogens with zero attached hydrogens (tertiary/aromatic N) is 4. The van der Waals surface area contributed by atoms with Crippen molar-refractivity contribution in [2.45, 2.75) is 6.92 Å². The monoisotopic (exact) mass is 408 g/mol. The molecule has 8 heteroatoms. The number of hydrogen-bond acceptors (Lipinski definition) is 6. The van der Waals surface area contributed by atoms with E-state index in [1.165, 1.54) is 11.3 Å². The van der Waals surface area contributed by atoms with Crippen LogP contribution < -0.4 is 15.5 Å². The number of carbonyl (C=O) groups excluding carboxylic acids is 1. The highest BCUT2D eigenvalue weighted by Gasteiger charge is 2.19. The normalized spacial score (nSPS) is 14.6. The molecule has 0 bridgehead atoms. The van der Waals surface area contributed by atoms with Gasteiger partial charge in [0, 0.05) is 31.7 Å². The van der Waals surface area contributed by atoms with Crippen molar-refractivity contribution in [3.05, 3.63) is 54.6 Å². The molecule has 29 heavy (non-hydrogen) atoms. The first kappa shape index (κ1) is 19.4. The summed E-state index contributed by atoms with van der Waals surface area (Å²) in [5.41, 5.74) is 2.76. The van der Waals surface area contributed by atoms with E-state index in [2.05, 4.69) is 37.6 Å². The third-order valence-electron chi connectivity index (χ3n) is 4.98. The minimum Gasteiger partial charge on any atom is -0.344 e. The van der Waals surface area contributed by atoms with Gasteiger partial charge in [-0.1, -0.05) is 66.8 Å². The first-order valence-electron chi connectivity index (χ1n) is 9.76. The first-order valence-corrected chi connectivity index (χ1v) is 10.6. The Balaban J connectivity index is 1.40. The van der Waals surface area contributed by atoms with E-state index in [4.69, 9.17) is 0 Å². The maximum atomic E-state index is 12.5. The quantitative estimate of drug-likeness (QED) is 0.668. The summed E-state index contributed by atoms with van der Waals surface area (Å²) < 4.78 is 0. The lowest BCUT2D eigenvalue weighted by molar-refractivity contribution is 0.262. The summed E-state index contributed by atoms with van der Waals surface area (Å²) in [5.74, 6) is 0. The van der Waals surface area contributed by atoms with Crippen LogP contribution in [-0.2, 0) is 0 Å². The van der Waals surface area contributed by atoms with Crippen LogP contribution in [0.4, 0.5) is 20.7 Å². The summed E-state index contributed by atoms with van der Waals surface area (Å²) in [5, 5.41) is 15.5. The molecule has 7 nitrogen and oxygen atoms in total. The number of aromatic nitrogens is 2. The Morgan fingerprint density at radius 1 is 0.966 bits per heavy atom. The van der Waals surface area contributed by atoms with Crippen LogP contribution in [0.15, 0.2) is 54.6 Å². The number of anilines is 3. The van der Waals surface area contributed by atoms with Gasteiger partial charge in [0.25, 0.3) is 0 Å². The van der Waals surface area contributed by atoms with Crippen LogP contribution in [0.5, 0.6) is 0 Å². The van der Waals surface area contributed by atoms with Crippen molar-refractivity contribution in [1.82, 2.24) is 15.1 Å². The third-order valence-corrected chi connectivity index (χ3v) is 5.88.